The molecule has 4 nitrogen and oxygen atoms in total. The van der Waals surface area contributed by atoms with Crippen molar-refractivity contribution in [2.24, 2.45) is 0 Å². The third-order valence-corrected chi connectivity index (χ3v) is 3.61. The molecule has 0 radical (unpaired) electrons. The molecule has 1 saturated carbocycles. The van der Waals surface area contributed by atoms with Crippen LogP contribution in [0.25, 0.3) is 0 Å². The zero-order valence-electron chi connectivity index (χ0n) is 11.6. The molecule has 0 saturated heterocycles. The molecular formula is C15H22N2O2. The molecule has 0 aromatic heterocycles. The van der Waals surface area contributed by atoms with E-state index in [4.69, 9.17) is 0 Å². The van der Waals surface area contributed by atoms with E-state index in [1.807, 2.05) is 6.92 Å². The lowest BCUT2D eigenvalue weighted by molar-refractivity contribution is 0.0947. The zero-order valence-corrected chi connectivity index (χ0v) is 11.6. The van der Waals surface area contributed by atoms with Gasteiger partial charge in [0.1, 0.15) is 5.75 Å². The number of phenolic OH excluding ortho intramolecular Hbond substituents is 1. The molecule has 2 rings (SSSR count). The van der Waals surface area contributed by atoms with Crippen LogP contribution < -0.4 is 5.32 Å². The lowest BCUT2D eigenvalue weighted by Gasteiger charge is -2.19. The number of rotatable bonds is 6. The van der Waals surface area contributed by atoms with Crippen molar-refractivity contribution in [3.8, 4) is 5.75 Å². The van der Waals surface area contributed by atoms with Gasteiger partial charge in [0.25, 0.3) is 5.91 Å². The van der Waals surface area contributed by atoms with Crippen LogP contribution in [0.2, 0.25) is 0 Å². The Kier molecular flexibility index (Phi) is 4.43. The Bertz CT molecular complexity index is 455. The largest absolute Gasteiger partial charge is 0.508 e. The number of nitrogens with one attached hydrogen (secondary N) is 1. The molecule has 0 bridgehead atoms. The summed E-state index contributed by atoms with van der Waals surface area (Å²) in [5, 5.41) is 12.3. The number of benzene rings is 1. The topological polar surface area (TPSA) is 52.6 Å². The van der Waals surface area contributed by atoms with Gasteiger partial charge in [0.2, 0.25) is 0 Å². The molecule has 0 atom stereocenters. The second kappa shape index (κ2) is 6.06. The number of carbonyl (C=O) groups is 1. The molecule has 1 aromatic rings. The first-order valence-corrected chi connectivity index (χ1v) is 6.93. The maximum Gasteiger partial charge on any atom is 0.251 e. The molecule has 1 aromatic carbocycles. The molecule has 0 heterocycles. The van der Waals surface area contributed by atoms with E-state index in [-0.39, 0.29) is 11.7 Å². The van der Waals surface area contributed by atoms with Crippen molar-refractivity contribution in [3.63, 3.8) is 0 Å². The van der Waals surface area contributed by atoms with E-state index in [9.17, 15) is 9.90 Å². The van der Waals surface area contributed by atoms with Crippen LogP contribution in [0.1, 0.15) is 35.7 Å². The Morgan fingerprint density at radius 3 is 2.79 bits per heavy atom. The number of nitrogens with zero attached hydrogens (tertiary/aromatic N) is 1. The SMILES string of the molecule is CCN(CCNC(=O)c1ccc(O)cc1C)C1CC1. The highest BCUT2D eigenvalue weighted by molar-refractivity contribution is 5.95. The van der Waals surface area contributed by atoms with Crippen molar-refractivity contribution in [1.29, 1.82) is 0 Å². The predicted molar refractivity (Wildman–Crippen MR) is 75.4 cm³/mol. The Morgan fingerprint density at radius 1 is 1.47 bits per heavy atom. The fraction of sp³-hybridized carbons (Fsp3) is 0.533. The molecule has 0 unspecified atom stereocenters. The summed E-state index contributed by atoms with van der Waals surface area (Å²) in [6.07, 6.45) is 2.58. The van der Waals surface area contributed by atoms with Crippen LogP contribution in [0.15, 0.2) is 18.2 Å². The van der Waals surface area contributed by atoms with Crippen molar-refractivity contribution in [2.45, 2.75) is 32.7 Å². The van der Waals surface area contributed by atoms with Gasteiger partial charge in [0.15, 0.2) is 0 Å². The molecule has 19 heavy (non-hydrogen) atoms. The van der Waals surface area contributed by atoms with Crippen molar-refractivity contribution in [3.05, 3.63) is 29.3 Å². The van der Waals surface area contributed by atoms with Gasteiger partial charge in [0.05, 0.1) is 0 Å². The number of phenols is 1. The minimum absolute atomic E-state index is 0.0654. The summed E-state index contributed by atoms with van der Waals surface area (Å²) in [6.45, 7) is 6.60. The minimum atomic E-state index is -0.0654. The number of likely N-dealkylation sites (N-methyl/N-ethyl adjacent to an activating group) is 1. The second-order valence-electron chi connectivity index (χ2n) is 5.11. The maximum absolute atomic E-state index is 12.0. The molecule has 1 aliphatic rings. The third-order valence-electron chi connectivity index (χ3n) is 3.61. The number of amides is 1. The minimum Gasteiger partial charge on any atom is -0.508 e. The van der Waals surface area contributed by atoms with Gasteiger partial charge in [-0.2, -0.15) is 0 Å². The van der Waals surface area contributed by atoms with Crippen LogP contribution >= 0.6 is 0 Å². The van der Waals surface area contributed by atoms with Gasteiger partial charge in [-0.3, -0.25) is 9.69 Å². The quantitative estimate of drug-likeness (QED) is 0.823. The van der Waals surface area contributed by atoms with E-state index in [2.05, 4.69) is 17.1 Å². The summed E-state index contributed by atoms with van der Waals surface area (Å²) in [5.41, 5.74) is 1.43. The van der Waals surface area contributed by atoms with Gasteiger partial charge in [0, 0.05) is 24.7 Å². The Balaban J connectivity index is 1.83. The fourth-order valence-electron chi connectivity index (χ4n) is 2.35. The van der Waals surface area contributed by atoms with Gasteiger partial charge in [-0.25, -0.2) is 0 Å². The van der Waals surface area contributed by atoms with Crippen LogP contribution in [0.3, 0.4) is 0 Å². The van der Waals surface area contributed by atoms with Crippen LogP contribution in [0, 0.1) is 6.92 Å². The number of carbonyl (C=O) groups excluding carboxylic acids is 1. The normalized spacial score (nSPS) is 14.7. The van der Waals surface area contributed by atoms with Gasteiger partial charge < -0.3 is 10.4 Å². The van der Waals surface area contributed by atoms with E-state index in [0.29, 0.717) is 12.1 Å². The summed E-state index contributed by atoms with van der Waals surface area (Å²) in [6, 6.07) is 5.55. The average molecular weight is 262 g/mol. The predicted octanol–water partition coefficient (Wildman–Crippen LogP) is 1.91. The lowest BCUT2D eigenvalue weighted by Crippen LogP contribution is -2.36. The molecule has 0 aliphatic heterocycles. The average Bonchev–Trinajstić information content (AvgIpc) is 3.18. The molecule has 1 fully saturated rings. The standard InChI is InChI=1S/C15H22N2O2/c1-3-17(12-4-5-12)9-8-16-15(19)14-7-6-13(18)10-11(14)2/h6-7,10,12,18H,3-5,8-9H2,1-2H3,(H,16,19). The van der Waals surface area contributed by atoms with Crippen LogP contribution in [-0.2, 0) is 0 Å². The fourth-order valence-corrected chi connectivity index (χ4v) is 2.35. The number of aryl methyl sites for hydroxylation is 1. The van der Waals surface area contributed by atoms with Crippen molar-refractivity contribution in [1.82, 2.24) is 10.2 Å². The molecular weight excluding hydrogens is 240 g/mol. The first-order valence-electron chi connectivity index (χ1n) is 6.93. The van der Waals surface area contributed by atoms with E-state index in [0.717, 1.165) is 24.7 Å². The molecule has 0 spiro atoms. The molecule has 104 valence electrons. The van der Waals surface area contributed by atoms with Gasteiger partial charge in [-0.05, 0) is 50.1 Å². The summed E-state index contributed by atoms with van der Waals surface area (Å²) in [7, 11) is 0. The van der Waals surface area contributed by atoms with E-state index < -0.39 is 0 Å². The highest BCUT2D eigenvalue weighted by Gasteiger charge is 2.27. The van der Waals surface area contributed by atoms with Gasteiger partial charge in [-0.1, -0.05) is 6.92 Å². The number of aromatic hydroxyl groups is 1. The Hall–Kier alpha value is -1.55. The lowest BCUT2D eigenvalue weighted by atomic mass is 10.1. The second-order valence-corrected chi connectivity index (χ2v) is 5.11. The van der Waals surface area contributed by atoms with Crippen LogP contribution in [-0.4, -0.2) is 41.6 Å². The van der Waals surface area contributed by atoms with Gasteiger partial charge >= 0.3 is 0 Å². The highest BCUT2D eigenvalue weighted by atomic mass is 16.3. The molecule has 1 aliphatic carbocycles. The van der Waals surface area contributed by atoms with Crippen molar-refractivity contribution >= 4 is 5.91 Å². The summed E-state index contributed by atoms with van der Waals surface area (Å²) in [5.74, 6) is 0.129. The van der Waals surface area contributed by atoms with Crippen molar-refractivity contribution in [2.75, 3.05) is 19.6 Å². The monoisotopic (exact) mass is 262 g/mol. The first-order chi connectivity index (χ1) is 9.11. The number of hydrogen-bond donors (Lipinski definition) is 2. The molecule has 2 N–H and O–H groups in total. The van der Waals surface area contributed by atoms with Crippen LogP contribution in [0.5, 0.6) is 5.75 Å². The molecule has 4 heteroatoms. The number of hydrogen-bond acceptors (Lipinski definition) is 3. The summed E-state index contributed by atoms with van der Waals surface area (Å²) >= 11 is 0. The van der Waals surface area contributed by atoms with E-state index >= 15 is 0 Å². The maximum atomic E-state index is 12.0. The van der Waals surface area contributed by atoms with Gasteiger partial charge in [-0.15, -0.1) is 0 Å². The summed E-state index contributed by atoms with van der Waals surface area (Å²) in [4.78, 5) is 14.4. The Labute approximate surface area is 114 Å². The molecule has 1 amide bonds. The van der Waals surface area contributed by atoms with E-state index in [1.54, 1.807) is 18.2 Å². The van der Waals surface area contributed by atoms with Crippen molar-refractivity contribution < 1.29 is 9.90 Å². The van der Waals surface area contributed by atoms with Crippen LogP contribution in [0.4, 0.5) is 0 Å². The third kappa shape index (κ3) is 3.70. The summed E-state index contributed by atoms with van der Waals surface area (Å²) < 4.78 is 0. The zero-order chi connectivity index (χ0) is 13.8. The first kappa shape index (κ1) is 13.9. The Morgan fingerprint density at radius 2 is 2.21 bits per heavy atom. The highest BCUT2D eigenvalue weighted by Crippen LogP contribution is 2.25. The smallest absolute Gasteiger partial charge is 0.251 e. The van der Waals surface area contributed by atoms with E-state index in [1.165, 1.54) is 12.8 Å².